The predicted molar refractivity (Wildman–Crippen MR) is 133 cm³/mol. The van der Waals surface area contributed by atoms with E-state index in [1.54, 1.807) is 26.0 Å². The summed E-state index contributed by atoms with van der Waals surface area (Å²) in [6, 6.07) is 8.08. The second-order valence-electron chi connectivity index (χ2n) is 7.45. The summed E-state index contributed by atoms with van der Waals surface area (Å²) in [6.45, 7) is 2.73. The molecule has 1 aliphatic rings. The van der Waals surface area contributed by atoms with E-state index in [2.05, 4.69) is 15.6 Å². The lowest BCUT2D eigenvalue weighted by atomic mass is 9.95. The molecular formula is C21H35IN4O2S. The van der Waals surface area contributed by atoms with E-state index in [-0.39, 0.29) is 29.9 Å². The van der Waals surface area contributed by atoms with Gasteiger partial charge in [-0.05, 0) is 43.4 Å². The molecule has 2 rings (SSSR count). The van der Waals surface area contributed by atoms with Gasteiger partial charge in [-0.1, -0.05) is 25.5 Å². The fourth-order valence-corrected chi connectivity index (χ4v) is 4.93. The van der Waals surface area contributed by atoms with E-state index in [1.165, 1.54) is 0 Å². The monoisotopic (exact) mass is 534 g/mol. The van der Waals surface area contributed by atoms with Crippen LogP contribution in [0.25, 0.3) is 0 Å². The molecule has 29 heavy (non-hydrogen) atoms. The third-order valence-electron chi connectivity index (χ3n) is 5.13. The SMILES string of the molecule is CCS(=O)C1CCCC(NC(=NC)NCCc2cccc(C(=O)N(C)C)c2)C1.I. The molecule has 0 spiro atoms. The topological polar surface area (TPSA) is 73.8 Å². The Kier molecular flexibility index (Phi) is 11.8. The Bertz CT molecular complexity index is 712. The lowest BCUT2D eigenvalue weighted by Gasteiger charge is -2.30. The molecule has 164 valence electrons. The zero-order chi connectivity index (χ0) is 20.5. The van der Waals surface area contributed by atoms with Gasteiger partial charge in [0.15, 0.2) is 5.96 Å². The third-order valence-corrected chi connectivity index (χ3v) is 6.87. The van der Waals surface area contributed by atoms with Crippen LogP contribution < -0.4 is 10.6 Å². The zero-order valence-electron chi connectivity index (χ0n) is 17.9. The molecule has 3 unspecified atom stereocenters. The number of nitrogens with zero attached hydrogens (tertiary/aromatic N) is 2. The van der Waals surface area contributed by atoms with Crippen molar-refractivity contribution in [3.63, 3.8) is 0 Å². The van der Waals surface area contributed by atoms with E-state index in [0.29, 0.717) is 16.9 Å². The van der Waals surface area contributed by atoms with Gasteiger partial charge in [0, 0.05) is 61.1 Å². The van der Waals surface area contributed by atoms with Crippen LogP contribution in [0.1, 0.15) is 48.5 Å². The molecular weight excluding hydrogens is 499 g/mol. The summed E-state index contributed by atoms with van der Waals surface area (Å²) in [5.74, 6) is 1.54. The average molecular weight is 535 g/mol. The molecule has 1 fully saturated rings. The first-order chi connectivity index (χ1) is 13.4. The second-order valence-corrected chi connectivity index (χ2v) is 9.45. The van der Waals surface area contributed by atoms with Gasteiger partial charge in [0.2, 0.25) is 0 Å². The van der Waals surface area contributed by atoms with E-state index in [0.717, 1.165) is 55.9 Å². The number of nitrogens with one attached hydrogen (secondary N) is 2. The van der Waals surface area contributed by atoms with Crippen LogP contribution in [0.2, 0.25) is 0 Å². The molecule has 6 nitrogen and oxygen atoms in total. The van der Waals surface area contributed by atoms with Crippen LogP contribution in [0.3, 0.4) is 0 Å². The van der Waals surface area contributed by atoms with Crippen LogP contribution in [0.15, 0.2) is 29.3 Å². The summed E-state index contributed by atoms with van der Waals surface area (Å²) in [7, 11) is 4.58. The Morgan fingerprint density at radius 1 is 1.31 bits per heavy atom. The normalized spacial score (nSPS) is 20.3. The zero-order valence-corrected chi connectivity index (χ0v) is 21.1. The molecule has 1 aromatic rings. The summed E-state index contributed by atoms with van der Waals surface area (Å²) in [5, 5.41) is 7.15. The number of benzene rings is 1. The van der Waals surface area contributed by atoms with Gasteiger partial charge in [-0.2, -0.15) is 0 Å². The number of carbonyl (C=O) groups is 1. The van der Waals surface area contributed by atoms with Crippen molar-refractivity contribution < 1.29 is 9.00 Å². The van der Waals surface area contributed by atoms with Crippen LogP contribution in [0, 0.1) is 0 Å². The summed E-state index contributed by atoms with van der Waals surface area (Å²) in [5.41, 5.74) is 1.83. The number of aliphatic imine (C=N–C) groups is 1. The van der Waals surface area contributed by atoms with Crippen LogP contribution in [0.4, 0.5) is 0 Å². The van der Waals surface area contributed by atoms with Gasteiger partial charge >= 0.3 is 0 Å². The van der Waals surface area contributed by atoms with Crippen molar-refractivity contribution in [3.8, 4) is 0 Å². The van der Waals surface area contributed by atoms with Crippen LogP contribution in [-0.2, 0) is 17.2 Å². The Morgan fingerprint density at radius 2 is 2.07 bits per heavy atom. The van der Waals surface area contributed by atoms with Crippen molar-refractivity contribution in [1.82, 2.24) is 15.5 Å². The lowest BCUT2D eigenvalue weighted by Crippen LogP contribution is -2.47. The number of hydrogen-bond acceptors (Lipinski definition) is 3. The molecule has 0 aliphatic heterocycles. The highest BCUT2D eigenvalue weighted by Gasteiger charge is 2.25. The van der Waals surface area contributed by atoms with E-state index in [4.69, 9.17) is 0 Å². The van der Waals surface area contributed by atoms with Crippen molar-refractivity contribution in [2.24, 2.45) is 4.99 Å². The van der Waals surface area contributed by atoms with Crippen molar-refractivity contribution in [2.45, 2.75) is 50.3 Å². The second kappa shape index (κ2) is 13.2. The summed E-state index contributed by atoms with van der Waals surface area (Å²) in [4.78, 5) is 18.0. The minimum absolute atomic E-state index is 0. The largest absolute Gasteiger partial charge is 0.356 e. The fourth-order valence-electron chi connectivity index (χ4n) is 3.58. The molecule has 0 saturated heterocycles. The predicted octanol–water partition coefficient (Wildman–Crippen LogP) is 2.79. The maximum Gasteiger partial charge on any atom is 0.253 e. The number of halogens is 1. The van der Waals surface area contributed by atoms with Crippen molar-refractivity contribution in [1.29, 1.82) is 0 Å². The molecule has 1 saturated carbocycles. The minimum atomic E-state index is -0.722. The van der Waals surface area contributed by atoms with Gasteiger partial charge in [0.05, 0.1) is 0 Å². The molecule has 1 amide bonds. The molecule has 1 aliphatic carbocycles. The number of amides is 1. The molecule has 0 radical (unpaired) electrons. The molecule has 8 heteroatoms. The Morgan fingerprint density at radius 3 is 2.72 bits per heavy atom. The van der Waals surface area contributed by atoms with E-state index in [9.17, 15) is 9.00 Å². The molecule has 0 heterocycles. The van der Waals surface area contributed by atoms with Crippen LogP contribution in [-0.4, -0.2) is 65.7 Å². The van der Waals surface area contributed by atoms with Crippen molar-refractivity contribution in [2.75, 3.05) is 33.4 Å². The van der Waals surface area contributed by atoms with E-state index in [1.807, 2.05) is 31.2 Å². The highest BCUT2D eigenvalue weighted by Crippen LogP contribution is 2.22. The number of guanidine groups is 1. The van der Waals surface area contributed by atoms with Gasteiger partial charge in [-0.3, -0.25) is 14.0 Å². The maximum absolute atomic E-state index is 12.1. The first kappa shape index (κ1) is 25.9. The van der Waals surface area contributed by atoms with E-state index >= 15 is 0 Å². The molecule has 2 N–H and O–H groups in total. The standard InChI is InChI=1S/C21H34N4O2S.HI/c1-5-28(27)19-11-7-10-18(15-19)24-21(22-2)23-13-12-16-8-6-9-17(14-16)20(26)25(3)4;/h6,8-9,14,18-19H,5,7,10-13,15H2,1-4H3,(H2,22,23,24);1H. The van der Waals surface area contributed by atoms with Crippen LogP contribution in [0.5, 0.6) is 0 Å². The fraction of sp³-hybridized carbons (Fsp3) is 0.619. The Labute approximate surface area is 194 Å². The van der Waals surface area contributed by atoms with Crippen LogP contribution >= 0.6 is 24.0 Å². The molecule has 1 aromatic carbocycles. The highest BCUT2D eigenvalue weighted by atomic mass is 127. The molecule has 3 atom stereocenters. The number of carbonyl (C=O) groups excluding carboxylic acids is 1. The van der Waals surface area contributed by atoms with Crippen molar-refractivity contribution in [3.05, 3.63) is 35.4 Å². The lowest BCUT2D eigenvalue weighted by molar-refractivity contribution is 0.0827. The summed E-state index contributed by atoms with van der Waals surface area (Å²) < 4.78 is 12.1. The first-order valence-electron chi connectivity index (χ1n) is 10.1. The molecule has 0 bridgehead atoms. The smallest absolute Gasteiger partial charge is 0.253 e. The van der Waals surface area contributed by atoms with Gasteiger partial charge in [-0.15, -0.1) is 24.0 Å². The summed E-state index contributed by atoms with van der Waals surface area (Å²) >= 11 is 0. The first-order valence-corrected chi connectivity index (χ1v) is 11.5. The maximum atomic E-state index is 12.1. The minimum Gasteiger partial charge on any atom is -0.356 e. The van der Waals surface area contributed by atoms with Gasteiger partial charge in [-0.25, -0.2) is 0 Å². The average Bonchev–Trinajstić information content (AvgIpc) is 2.72. The van der Waals surface area contributed by atoms with Gasteiger partial charge in [0.1, 0.15) is 0 Å². The van der Waals surface area contributed by atoms with Crippen molar-refractivity contribution >= 4 is 46.6 Å². The Balaban J connectivity index is 0.00000420. The number of hydrogen-bond donors (Lipinski definition) is 2. The quantitative estimate of drug-likeness (QED) is 0.321. The molecule has 0 aromatic heterocycles. The highest BCUT2D eigenvalue weighted by molar-refractivity contribution is 14.0. The van der Waals surface area contributed by atoms with Gasteiger partial charge < -0.3 is 15.5 Å². The summed E-state index contributed by atoms with van der Waals surface area (Å²) in [6.07, 6.45) is 5.01. The third kappa shape index (κ3) is 8.24. The van der Waals surface area contributed by atoms with Gasteiger partial charge in [0.25, 0.3) is 5.91 Å². The Hall–Kier alpha value is -1.16. The van der Waals surface area contributed by atoms with E-state index < -0.39 is 10.8 Å². The number of rotatable bonds is 7.